The molecule has 1 aliphatic heterocycles. The number of nitrogens with zero attached hydrogens (tertiary/aromatic N) is 2. The van der Waals surface area contributed by atoms with Crippen LogP contribution in [0.15, 0.2) is 36.7 Å². The molecule has 3 heterocycles. The lowest BCUT2D eigenvalue weighted by Crippen LogP contribution is -2.47. The smallest absolute Gasteiger partial charge is 0.252 e. The minimum atomic E-state index is -3.36. The zero-order valence-corrected chi connectivity index (χ0v) is 15.4. The fourth-order valence-corrected chi connectivity index (χ4v) is 6.07. The molecular weight excluding hydrogens is 388 g/mol. The minimum Gasteiger partial charge on any atom is -0.465 e. The minimum absolute atomic E-state index is 0.398. The van der Waals surface area contributed by atoms with E-state index < -0.39 is 10.0 Å². The summed E-state index contributed by atoms with van der Waals surface area (Å²) < 4.78 is 33.5. The van der Waals surface area contributed by atoms with E-state index in [0.29, 0.717) is 30.4 Å². The van der Waals surface area contributed by atoms with E-state index in [1.54, 1.807) is 16.4 Å². The van der Waals surface area contributed by atoms with Crippen molar-refractivity contribution in [2.24, 2.45) is 0 Å². The summed E-state index contributed by atoms with van der Waals surface area (Å²) in [6.07, 6.45) is 0. The molecule has 0 bridgehead atoms. The molecular formula is C14H17BrN2O3S2. The summed E-state index contributed by atoms with van der Waals surface area (Å²) in [6.45, 7) is 5.10. The zero-order chi connectivity index (χ0) is 15.7. The van der Waals surface area contributed by atoms with Crippen LogP contribution in [-0.2, 0) is 16.6 Å². The van der Waals surface area contributed by atoms with Gasteiger partial charge in [-0.25, -0.2) is 8.42 Å². The number of hydrogen-bond acceptors (Lipinski definition) is 5. The van der Waals surface area contributed by atoms with E-state index in [9.17, 15) is 8.42 Å². The van der Waals surface area contributed by atoms with Crippen molar-refractivity contribution in [3.8, 4) is 0 Å². The summed E-state index contributed by atoms with van der Waals surface area (Å²) in [7, 11) is -3.36. The number of hydrogen-bond donors (Lipinski definition) is 0. The second kappa shape index (κ2) is 6.45. The second-order valence-electron chi connectivity index (χ2n) is 5.25. The highest BCUT2D eigenvalue weighted by molar-refractivity contribution is 9.11. The molecule has 1 aliphatic rings. The average Bonchev–Trinajstić information content (AvgIpc) is 3.09. The highest BCUT2D eigenvalue weighted by Crippen LogP contribution is 2.29. The molecule has 22 heavy (non-hydrogen) atoms. The molecule has 120 valence electrons. The van der Waals surface area contributed by atoms with Crippen molar-refractivity contribution in [2.45, 2.75) is 17.7 Å². The summed E-state index contributed by atoms with van der Waals surface area (Å²) in [4.78, 5) is 2.22. The van der Waals surface area contributed by atoms with Crippen molar-refractivity contribution in [1.29, 1.82) is 0 Å². The SMILES string of the molecule is Cc1ccc(CN2CCN(S(=O)(=O)c3ccc(Br)s3)CC2)o1. The number of halogens is 1. The highest BCUT2D eigenvalue weighted by Gasteiger charge is 2.29. The van der Waals surface area contributed by atoms with Gasteiger partial charge in [-0.05, 0) is 47.1 Å². The molecule has 2 aromatic heterocycles. The van der Waals surface area contributed by atoms with Crippen LogP contribution < -0.4 is 0 Å². The Balaban J connectivity index is 1.61. The number of thiophene rings is 1. The third-order valence-electron chi connectivity index (χ3n) is 3.65. The number of aryl methyl sites for hydroxylation is 1. The third-order valence-corrected chi connectivity index (χ3v) is 7.64. The maximum atomic E-state index is 12.5. The van der Waals surface area contributed by atoms with Crippen molar-refractivity contribution < 1.29 is 12.8 Å². The molecule has 0 spiro atoms. The fraction of sp³-hybridized carbons (Fsp3) is 0.429. The summed E-state index contributed by atoms with van der Waals surface area (Å²) in [5, 5.41) is 0. The zero-order valence-electron chi connectivity index (χ0n) is 12.2. The van der Waals surface area contributed by atoms with E-state index in [0.717, 1.165) is 21.9 Å². The lowest BCUT2D eigenvalue weighted by Gasteiger charge is -2.33. The number of piperazine rings is 1. The predicted molar refractivity (Wildman–Crippen MR) is 89.5 cm³/mol. The van der Waals surface area contributed by atoms with Crippen LogP contribution >= 0.6 is 27.3 Å². The van der Waals surface area contributed by atoms with Crippen LogP contribution in [0.3, 0.4) is 0 Å². The molecule has 5 nitrogen and oxygen atoms in total. The van der Waals surface area contributed by atoms with Crippen molar-refractivity contribution in [1.82, 2.24) is 9.21 Å². The predicted octanol–water partition coefficient (Wildman–Crippen LogP) is 2.92. The molecule has 2 aromatic rings. The van der Waals surface area contributed by atoms with E-state index in [2.05, 4.69) is 20.8 Å². The van der Waals surface area contributed by atoms with Gasteiger partial charge in [0.25, 0.3) is 10.0 Å². The Morgan fingerprint density at radius 3 is 2.45 bits per heavy atom. The van der Waals surface area contributed by atoms with E-state index in [-0.39, 0.29) is 0 Å². The van der Waals surface area contributed by atoms with Gasteiger partial charge in [0.15, 0.2) is 0 Å². The standard InChI is InChI=1S/C14H17BrN2O3S2/c1-11-2-3-12(20-11)10-16-6-8-17(9-7-16)22(18,19)14-5-4-13(15)21-14/h2-5H,6-10H2,1H3. The van der Waals surface area contributed by atoms with Crippen molar-refractivity contribution in [2.75, 3.05) is 26.2 Å². The van der Waals surface area contributed by atoms with Crippen LogP contribution in [0.4, 0.5) is 0 Å². The largest absolute Gasteiger partial charge is 0.465 e. The molecule has 0 radical (unpaired) electrons. The molecule has 0 N–H and O–H groups in total. The van der Waals surface area contributed by atoms with Gasteiger partial charge in [-0.1, -0.05) is 0 Å². The molecule has 0 atom stereocenters. The van der Waals surface area contributed by atoms with Gasteiger partial charge in [-0.2, -0.15) is 4.31 Å². The second-order valence-corrected chi connectivity index (χ2v) is 9.88. The van der Waals surface area contributed by atoms with Crippen LogP contribution in [0.25, 0.3) is 0 Å². The maximum absolute atomic E-state index is 12.5. The van der Waals surface area contributed by atoms with Crippen LogP contribution in [0, 0.1) is 6.92 Å². The van der Waals surface area contributed by atoms with Gasteiger partial charge in [-0.3, -0.25) is 4.90 Å². The number of sulfonamides is 1. The van der Waals surface area contributed by atoms with Gasteiger partial charge < -0.3 is 4.42 Å². The van der Waals surface area contributed by atoms with Gasteiger partial charge in [0.05, 0.1) is 10.3 Å². The van der Waals surface area contributed by atoms with Gasteiger partial charge >= 0.3 is 0 Å². The Morgan fingerprint density at radius 1 is 1.18 bits per heavy atom. The van der Waals surface area contributed by atoms with Crippen LogP contribution in [0.2, 0.25) is 0 Å². The Hall–Kier alpha value is -0.670. The molecule has 0 unspecified atom stereocenters. The van der Waals surface area contributed by atoms with E-state index in [1.165, 1.54) is 11.3 Å². The molecule has 1 saturated heterocycles. The van der Waals surface area contributed by atoms with Crippen LogP contribution in [0.5, 0.6) is 0 Å². The molecule has 0 aromatic carbocycles. The number of rotatable bonds is 4. The first kappa shape index (κ1) is 16.2. The van der Waals surface area contributed by atoms with Crippen LogP contribution in [0.1, 0.15) is 11.5 Å². The summed E-state index contributed by atoms with van der Waals surface area (Å²) in [6, 6.07) is 7.35. The van der Waals surface area contributed by atoms with Gasteiger partial charge in [0.1, 0.15) is 15.7 Å². The lowest BCUT2D eigenvalue weighted by atomic mass is 10.3. The Morgan fingerprint density at radius 2 is 1.91 bits per heavy atom. The summed E-state index contributed by atoms with van der Waals surface area (Å²) in [5.41, 5.74) is 0. The maximum Gasteiger partial charge on any atom is 0.252 e. The first-order chi connectivity index (χ1) is 10.4. The fourth-order valence-electron chi connectivity index (χ4n) is 2.48. The molecule has 8 heteroatoms. The molecule has 1 fully saturated rings. The normalized spacial score (nSPS) is 17.9. The van der Waals surface area contributed by atoms with E-state index >= 15 is 0 Å². The van der Waals surface area contributed by atoms with Gasteiger partial charge in [-0.15, -0.1) is 11.3 Å². The molecule has 0 saturated carbocycles. The van der Waals surface area contributed by atoms with E-state index in [4.69, 9.17) is 4.42 Å². The molecule has 3 rings (SSSR count). The van der Waals surface area contributed by atoms with Crippen molar-refractivity contribution >= 4 is 37.3 Å². The third kappa shape index (κ3) is 3.46. The quantitative estimate of drug-likeness (QED) is 0.785. The molecule has 0 amide bonds. The molecule has 0 aliphatic carbocycles. The van der Waals surface area contributed by atoms with Gasteiger partial charge in [0, 0.05) is 26.2 Å². The first-order valence-corrected chi connectivity index (χ1v) is 10.0. The summed E-state index contributed by atoms with van der Waals surface area (Å²) >= 11 is 4.57. The highest BCUT2D eigenvalue weighted by atomic mass is 79.9. The Labute approximate surface area is 142 Å². The van der Waals surface area contributed by atoms with Crippen molar-refractivity contribution in [3.05, 3.63) is 39.6 Å². The first-order valence-electron chi connectivity index (χ1n) is 6.98. The summed E-state index contributed by atoms with van der Waals surface area (Å²) in [5.74, 6) is 1.83. The van der Waals surface area contributed by atoms with Gasteiger partial charge in [0.2, 0.25) is 0 Å². The van der Waals surface area contributed by atoms with E-state index in [1.807, 2.05) is 19.1 Å². The monoisotopic (exact) mass is 404 g/mol. The lowest BCUT2D eigenvalue weighted by molar-refractivity contribution is 0.170. The van der Waals surface area contributed by atoms with Crippen molar-refractivity contribution in [3.63, 3.8) is 0 Å². The topological polar surface area (TPSA) is 53.8 Å². The Kier molecular flexibility index (Phi) is 4.75. The average molecular weight is 405 g/mol. The number of furan rings is 1. The van der Waals surface area contributed by atoms with Crippen LogP contribution in [-0.4, -0.2) is 43.8 Å². The Bertz CT molecular complexity index is 746.